The predicted molar refractivity (Wildman–Crippen MR) is 69.4 cm³/mol. The lowest BCUT2D eigenvalue weighted by Crippen LogP contribution is -2.36. The zero-order chi connectivity index (χ0) is 12.9. The summed E-state index contributed by atoms with van der Waals surface area (Å²) in [4.78, 5) is 24.0. The van der Waals surface area contributed by atoms with E-state index in [1.54, 1.807) is 7.05 Å². The summed E-state index contributed by atoms with van der Waals surface area (Å²) in [7, 11) is 3.07. The minimum Gasteiger partial charge on any atom is -0.439 e. The highest BCUT2D eigenvalue weighted by Crippen LogP contribution is 2.26. The normalized spacial score (nSPS) is 13.9. The third-order valence-corrected chi connectivity index (χ3v) is 3.18. The molecular weight excluding hydrogens is 232 g/mol. The van der Waals surface area contributed by atoms with Crippen LogP contribution in [0.2, 0.25) is 0 Å². The van der Waals surface area contributed by atoms with Gasteiger partial charge >= 0.3 is 5.69 Å². The maximum Gasteiger partial charge on any atom is 0.333 e. The van der Waals surface area contributed by atoms with Crippen molar-refractivity contribution >= 4 is 23.3 Å². The summed E-state index contributed by atoms with van der Waals surface area (Å²) in [5.74, 6) is 0.622. The fraction of sp³-hybridized carbons (Fsp3) is 0.231. The lowest BCUT2D eigenvalue weighted by Gasteiger charge is -2.01. The van der Waals surface area contributed by atoms with E-state index in [-0.39, 0.29) is 11.2 Å². The standard InChI is InChI=1S/C13H12N2O3/c1-14-11(16)10-8-6-4-3-5-7-9(8)18-12(10)15(2)13(14)17/h4-7H,3H2,1-2H3. The Labute approximate surface area is 102 Å². The summed E-state index contributed by atoms with van der Waals surface area (Å²) in [6.07, 6.45) is 8.42. The third-order valence-electron chi connectivity index (χ3n) is 3.18. The number of hydrogen-bond donors (Lipinski definition) is 0. The van der Waals surface area contributed by atoms with Crippen molar-refractivity contribution in [1.29, 1.82) is 0 Å². The van der Waals surface area contributed by atoms with Crippen molar-refractivity contribution in [3.8, 4) is 0 Å². The molecule has 1 aliphatic carbocycles. The Morgan fingerprint density at radius 2 is 1.83 bits per heavy atom. The van der Waals surface area contributed by atoms with Gasteiger partial charge in [-0.2, -0.15) is 0 Å². The molecule has 0 aromatic carbocycles. The van der Waals surface area contributed by atoms with Crippen molar-refractivity contribution in [2.24, 2.45) is 14.1 Å². The lowest BCUT2D eigenvalue weighted by atomic mass is 10.2. The molecule has 0 saturated carbocycles. The molecule has 18 heavy (non-hydrogen) atoms. The molecule has 2 heterocycles. The fourth-order valence-electron chi connectivity index (χ4n) is 2.19. The van der Waals surface area contributed by atoms with Gasteiger partial charge in [0.25, 0.3) is 5.56 Å². The summed E-state index contributed by atoms with van der Waals surface area (Å²) in [5.41, 5.74) is 0.363. The number of aromatic nitrogens is 2. The van der Waals surface area contributed by atoms with Crippen LogP contribution in [-0.4, -0.2) is 9.13 Å². The number of fused-ring (bicyclic) bond motifs is 3. The van der Waals surface area contributed by atoms with E-state index in [9.17, 15) is 9.59 Å². The molecule has 0 N–H and O–H groups in total. The van der Waals surface area contributed by atoms with Gasteiger partial charge in [0.2, 0.25) is 5.71 Å². The van der Waals surface area contributed by atoms with Crippen molar-refractivity contribution in [3.05, 3.63) is 44.3 Å². The quantitative estimate of drug-likeness (QED) is 0.701. The van der Waals surface area contributed by atoms with Crippen LogP contribution in [0.4, 0.5) is 0 Å². The van der Waals surface area contributed by atoms with Crippen LogP contribution in [0.1, 0.15) is 17.7 Å². The van der Waals surface area contributed by atoms with Gasteiger partial charge in [0, 0.05) is 19.7 Å². The molecule has 0 fully saturated rings. The average molecular weight is 244 g/mol. The van der Waals surface area contributed by atoms with Gasteiger partial charge in [0.05, 0.1) is 0 Å². The van der Waals surface area contributed by atoms with Crippen LogP contribution in [0, 0.1) is 0 Å². The fourth-order valence-corrected chi connectivity index (χ4v) is 2.19. The molecule has 1 aliphatic rings. The summed E-state index contributed by atoms with van der Waals surface area (Å²) in [6.45, 7) is 0. The number of hydrogen-bond acceptors (Lipinski definition) is 3. The first-order chi connectivity index (χ1) is 8.61. The van der Waals surface area contributed by atoms with Gasteiger partial charge in [-0.15, -0.1) is 0 Å². The topological polar surface area (TPSA) is 57.1 Å². The van der Waals surface area contributed by atoms with Gasteiger partial charge in [-0.25, -0.2) is 4.79 Å². The second-order valence-corrected chi connectivity index (χ2v) is 4.31. The van der Waals surface area contributed by atoms with Crippen LogP contribution in [0.5, 0.6) is 0 Å². The number of furan rings is 1. The van der Waals surface area contributed by atoms with Crippen molar-refractivity contribution in [3.63, 3.8) is 0 Å². The van der Waals surface area contributed by atoms with Crippen LogP contribution in [0.3, 0.4) is 0 Å². The van der Waals surface area contributed by atoms with Gasteiger partial charge in [-0.3, -0.25) is 13.9 Å². The van der Waals surface area contributed by atoms with Crippen molar-refractivity contribution in [2.45, 2.75) is 6.42 Å². The lowest BCUT2D eigenvalue weighted by molar-refractivity contribution is 0.555. The zero-order valence-electron chi connectivity index (χ0n) is 10.1. The summed E-state index contributed by atoms with van der Waals surface area (Å²) < 4.78 is 8.08. The second kappa shape index (κ2) is 3.60. The highest BCUT2D eigenvalue weighted by molar-refractivity contribution is 5.89. The minimum absolute atomic E-state index is 0.321. The van der Waals surface area contributed by atoms with Crippen LogP contribution >= 0.6 is 0 Å². The Hall–Kier alpha value is -2.30. The van der Waals surface area contributed by atoms with E-state index in [2.05, 4.69) is 0 Å². The average Bonchev–Trinajstić information content (AvgIpc) is 2.57. The smallest absolute Gasteiger partial charge is 0.333 e. The number of nitrogens with zero attached hydrogens (tertiary/aromatic N) is 2. The molecule has 0 atom stereocenters. The minimum atomic E-state index is -0.385. The largest absolute Gasteiger partial charge is 0.439 e. The van der Waals surface area contributed by atoms with Gasteiger partial charge in [0.15, 0.2) is 0 Å². The van der Waals surface area contributed by atoms with Crippen molar-refractivity contribution in [2.75, 3.05) is 0 Å². The molecule has 2 aromatic heterocycles. The van der Waals surface area contributed by atoms with E-state index in [1.807, 2.05) is 24.3 Å². The molecule has 0 aliphatic heterocycles. The highest BCUT2D eigenvalue weighted by Gasteiger charge is 2.19. The van der Waals surface area contributed by atoms with Gasteiger partial charge in [-0.1, -0.05) is 18.2 Å². The van der Waals surface area contributed by atoms with Crippen molar-refractivity contribution in [1.82, 2.24) is 9.13 Å². The Bertz CT molecular complexity index is 815. The zero-order valence-corrected chi connectivity index (χ0v) is 10.1. The molecule has 0 amide bonds. The number of aryl methyl sites for hydroxylation is 1. The summed E-state index contributed by atoms with van der Waals surface area (Å²) in [6, 6.07) is 0. The number of allylic oxidation sites excluding steroid dienone is 2. The van der Waals surface area contributed by atoms with E-state index in [4.69, 9.17) is 4.42 Å². The maximum atomic E-state index is 12.2. The Balaban J connectivity index is 2.61. The molecule has 0 bridgehead atoms. The molecule has 92 valence electrons. The highest BCUT2D eigenvalue weighted by atomic mass is 16.3. The van der Waals surface area contributed by atoms with E-state index in [1.165, 1.54) is 11.6 Å². The van der Waals surface area contributed by atoms with Crippen LogP contribution in [-0.2, 0) is 14.1 Å². The van der Waals surface area contributed by atoms with E-state index < -0.39 is 0 Å². The third kappa shape index (κ3) is 1.27. The summed E-state index contributed by atoms with van der Waals surface area (Å²) >= 11 is 0. The summed E-state index contributed by atoms with van der Waals surface area (Å²) in [5, 5.41) is 0.456. The molecule has 3 rings (SSSR count). The molecule has 5 heteroatoms. The molecule has 2 aromatic rings. The SMILES string of the molecule is Cn1c(=O)c2c3c(oc2n(C)c1=O)C=CCC=C3. The first kappa shape index (κ1) is 10.8. The van der Waals surface area contributed by atoms with Crippen LogP contribution in [0.15, 0.2) is 26.2 Å². The van der Waals surface area contributed by atoms with Crippen LogP contribution in [0.25, 0.3) is 23.3 Å². The van der Waals surface area contributed by atoms with Gasteiger partial charge in [-0.05, 0) is 12.5 Å². The monoisotopic (exact) mass is 244 g/mol. The van der Waals surface area contributed by atoms with E-state index in [0.717, 1.165) is 16.6 Å². The molecular formula is C13H12N2O3. The van der Waals surface area contributed by atoms with Gasteiger partial charge < -0.3 is 4.42 Å². The number of rotatable bonds is 0. The molecule has 0 radical (unpaired) electrons. The molecule has 0 spiro atoms. The Kier molecular flexibility index (Phi) is 2.16. The first-order valence-electron chi connectivity index (χ1n) is 5.67. The predicted octanol–water partition coefficient (Wildman–Crippen LogP) is 1.26. The Morgan fingerprint density at radius 1 is 1.11 bits per heavy atom. The van der Waals surface area contributed by atoms with E-state index >= 15 is 0 Å². The molecule has 0 saturated heterocycles. The van der Waals surface area contributed by atoms with Crippen LogP contribution < -0.4 is 11.2 Å². The van der Waals surface area contributed by atoms with Gasteiger partial charge in [0.1, 0.15) is 11.1 Å². The maximum absolute atomic E-state index is 12.2. The second-order valence-electron chi connectivity index (χ2n) is 4.31. The van der Waals surface area contributed by atoms with Crippen molar-refractivity contribution < 1.29 is 4.42 Å². The molecule has 0 unspecified atom stereocenters. The molecule has 5 nitrogen and oxygen atoms in total. The Morgan fingerprint density at radius 3 is 2.61 bits per heavy atom. The first-order valence-corrected chi connectivity index (χ1v) is 5.67. The van der Waals surface area contributed by atoms with E-state index in [0.29, 0.717) is 16.9 Å².